The third kappa shape index (κ3) is 2.82. The molecule has 0 aliphatic heterocycles. The van der Waals surface area contributed by atoms with Crippen LogP contribution in [0, 0.1) is 6.92 Å². The molecule has 2 aromatic carbocycles. The summed E-state index contributed by atoms with van der Waals surface area (Å²) in [5.74, 6) is -0.516. The summed E-state index contributed by atoms with van der Waals surface area (Å²) in [6.45, 7) is 1.80. The van der Waals surface area contributed by atoms with Crippen molar-refractivity contribution in [2.45, 2.75) is 13.1 Å². The van der Waals surface area contributed by atoms with Crippen molar-refractivity contribution >= 4 is 11.5 Å². The molecule has 2 aromatic rings. The lowest BCUT2D eigenvalue weighted by molar-refractivity contribution is -0.137. The number of alkyl halides is 3. The van der Waals surface area contributed by atoms with Crippen LogP contribution in [-0.2, 0) is 6.18 Å². The highest BCUT2D eigenvalue weighted by atomic mass is 19.4. The van der Waals surface area contributed by atoms with Gasteiger partial charge in [-0.25, -0.2) is 0 Å². The zero-order valence-corrected chi connectivity index (χ0v) is 10.7. The van der Waals surface area contributed by atoms with E-state index in [4.69, 9.17) is 5.73 Å². The molecule has 0 fully saturated rings. The minimum atomic E-state index is -4.50. The Bertz CT molecular complexity index is 662. The number of benzene rings is 2. The van der Waals surface area contributed by atoms with Crippen LogP contribution in [0.15, 0.2) is 42.5 Å². The second-order valence-electron chi connectivity index (χ2n) is 4.50. The molecule has 0 heterocycles. The quantitative estimate of drug-likeness (QED) is 0.670. The normalized spacial score (nSPS) is 11.4. The molecule has 2 N–H and O–H groups in total. The minimum Gasteiger partial charge on any atom is -0.398 e. The molecule has 0 saturated heterocycles. The molecule has 0 radical (unpaired) electrons. The molecule has 0 bridgehead atoms. The molecule has 20 heavy (non-hydrogen) atoms. The minimum absolute atomic E-state index is 0.0320. The van der Waals surface area contributed by atoms with Gasteiger partial charge in [-0.2, -0.15) is 13.2 Å². The lowest BCUT2D eigenvalue weighted by Crippen LogP contribution is -2.10. The molecule has 2 rings (SSSR count). The highest BCUT2D eigenvalue weighted by Crippen LogP contribution is 2.31. The van der Waals surface area contributed by atoms with Crippen LogP contribution in [0.4, 0.5) is 18.9 Å². The summed E-state index contributed by atoms with van der Waals surface area (Å²) in [6.07, 6.45) is -4.50. The van der Waals surface area contributed by atoms with E-state index < -0.39 is 17.5 Å². The molecule has 0 amide bonds. The number of carbonyl (C=O) groups is 1. The van der Waals surface area contributed by atoms with Crippen molar-refractivity contribution in [3.8, 4) is 0 Å². The molecule has 0 unspecified atom stereocenters. The molecule has 0 aliphatic carbocycles. The number of rotatable bonds is 2. The van der Waals surface area contributed by atoms with Crippen LogP contribution >= 0.6 is 0 Å². The van der Waals surface area contributed by atoms with Gasteiger partial charge in [-0.1, -0.05) is 23.8 Å². The van der Waals surface area contributed by atoms with Crippen LogP contribution in [0.5, 0.6) is 0 Å². The third-order valence-electron chi connectivity index (χ3n) is 2.91. The Morgan fingerprint density at radius 1 is 1.10 bits per heavy atom. The lowest BCUT2D eigenvalue weighted by Gasteiger charge is -2.11. The maximum absolute atomic E-state index is 12.7. The first-order valence-corrected chi connectivity index (χ1v) is 5.87. The van der Waals surface area contributed by atoms with Crippen LogP contribution in [0.25, 0.3) is 0 Å². The van der Waals surface area contributed by atoms with Gasteiger partial charge in [0.25, 0.3) is 0 Å². The van der Waals surface area contributed by atoms with Crippen LogP contribution in [0.2, 0.25) is 0 Å². The zero-order chi connectivity index (χ0) is 14.9. The van der Waals surface area contributed by atoms with E-state index in [1.165, 1.54) is 0 Å². The first-order chi connectivity index (χ1) is 9.29. The van der Waals surface area contributed by atoms with Crippen molar-refractivity contribution in [2.75, 3.05) is 5.73 Å². The summed E-state index contributed by atoms with van der Waals surface area (Å²) in [4.78, 5) is 12.3. The number of aryl methyl sites for hydroxylation is 1. The van der Waals surface area contributed by atoms with Crippen LogP contribution in [0.3, 0.4) is 0 Å². The maximum Gasteiger partial charge on any atom is 0.416 e. The molecule has 0 spiro atoms. The largest absolute Gasteiger partial charge is 0.416 e. The number of anilines is 1. The number of nitrogen functional groups attached to an aromatic ring is 1. The highest BCUT2D eigenvalue weighted by molar-refractivity contribution is 6.12. The number of carbonyl (C=O) groups excluding carboxylic acids is 1. The molecule has 5 heteroatoms. The van der Waals surface area contributed by atoms with Gasteiger partial charge in [0.1, 0.15) is 0 Å². The van der Waals surface area contributed by atoms with E-state index >= 15 is 0 Å². The predicted molar refractivity (Wildman–Crippen MR) is 70.5 cm³/mol. The van der Waals surface area contributed by atoms with E-state index in [9.17, 15) is 18.0 Å². The van der Waals surface area contributed by atoms with E-state index in [-0.39, 0.29) is 11.3 Å². The van der Waals surface area contributed by atoms with E-state index in [1.54, 1.807) is 31.2 Å². The molecule has 0 saturated carbocycles. The Morgan fingerprint density at radius 3 is 2.40 bits per heavy atom. The second kappa shape index (κ2) is 5.00. The van der Waals surface area contributed by atoms with Gasteiger partial charge in [0, 0.05) is 16.8 Å². The molecule has 2 nitrogen and oxygen atoms in total. The fourth-order valence-electron chi connectivity index (χ4n) is 1.87. The monoisotopic (exact) mass is 279 g/mol. The van der Waals surface area contributed by atoms with Crippen LogP contribution in [0.1, 0.15) is 27.0 Å². The summed E-state index contributed by atoms with van der Waals surface area (Å²) in [5.41, 5.74) is 5.80. The first-order valence-electron chi connectivity index (χ1n) is 5.87. The topological polar surface area (TPSA) is 43.1 Å². The van der Waals surface area contributed by atoms with Crippen molar-refractivity contribution in [2.24, 2.45) is 0 Å². The van der Waals surface area contributed by atoms with Gasteiger partial charge >= 0.3 is 6.18 Å². The average molecular weight is 279 g/mol. The summed E-state index contributed by atoms with van der Waals surface area (Å²) in [5, 5.41) is 0. The fourth-order valence-corrected chi connectivity index (χ4v) is 1.87. The van der Waals surface area contributed by atoms with Gasteiger partial charge in [0.05, 0.1) is 5.56 Å². The maximum atomic E-state index is 12.7. The Morgan fingerprint density at radius 2 is 1.80 bits per heavy atom. The van der Waals surface area contributed by atoms with Gasteiger partial charge in [-0.15, -0.1) is 0 Å². The first kappa shape index (κ1) is 14.1. The van der Waals surface area contributed by atoms with Crippen LogP contribution in [-0.4, -0.2) is 5.78 Å². The SMILES string of the molecule is Cc1cccc(C(=O)c2cc(C(F)(F)F)ccc2N)c1. The fraction of sp³-hybridized carbons (Fsp3) is 0.133. The Balaban J connectivity index is 2.49. The van der Waals surface area contributed by atoms with E-state index in [2.05, 4.69) is 0 Å². The average Bonchev–Trinajstić information content (AvgIpc) is 2.37. The molecular formula is C15H12F3NO. The van der Waals surface area contributed by atoms with Crippen molar-refractivity contribution in [3.05, 3.63) is 64.7 Å². The van der Waals surface area contributed by atoms with E-state index in [1.807, 2.05) is 0 Å². The smallest absolute Gasteiger partial charge is 0.398 e. The summed E-state index contributed by atoms with van der Waals surface area (Å²) in [6, 6.07) is 9.39. The van der Waals surface area contributed by atoms with Crippen molar-refractivity contribution < 1.29 is 18.0 Å². The van der Waals surface area contributed by atoms with Gasteiger partial charge in [-0.3, -0.25) is 4.79 Å². The number of nitrogens with two attached hydrogens (primary N) is 1. The van der Waals surface area contributed by atoms with Crippen LogP contribution < -0.4 is 5.73 Å². The molecule has 0 aliphatic rings. The number of hydrogen-bond donors (Lipinski definition) is 1. The predicted octanol–water partition coefficient (Wildman–Crippen LogP) is 3.83. The highest BCUT2D eigenvalue weighted by Gasteiger charge is 2.31. The Hall–Kier alpha value is -2.30. The molecule has 0 aromatic heterocycles. The summed E-state index contributed by atoms with van der Waals surface area (Å²) in [7, 11) is 0. The summed E-state index contributed by atoms with van der Waals surface area (Å²) >= 11 is 0. The van der Waals surface area contributed by atoms with E-state index in [0.717, 1.165) is 23.8 Å². The van der Waals surface area contributed by atoms with E-state index in [0.29, 0.717) is 5.56 Å². The van der Waals surface area contributed by atoms with Crippen molar-refractivity contribution in [3.63, 3.8) is 0 Å². The number of hydrogen-bond acceptors (Lipinski definition) is 2. The Kier molecular flexibility index (Phi) is 3.53. The molecular weight excluding hydrogens is 267 g/mol. The van der Waals surface area contributed by atoms with Gasteiger partial charge < -0.3 is 5.73 Å². The third-order valence-corrected chi connectivity index (χ3v) is 2.91. The molecule has 104 valence electrons. The standard InChI is InChI=1S/C15H12F3NO/c1-9-3-2-4-10(7-9)14(20)12-8-11(15(16,17)18)5-6-13(12)19/h2-8H,19H2,1H3. The lowest BCUT2D eigenvalue weighted by atomic mass is 9.98. The van der Waals surface area contributed by atoms with Crippen molar-refractivity contribution in [1.29, 1.82) is 0 Å². The number of ketones is 1. The summed E-state index contributed by atoms with van der Waals surface area (Å²) < 4.78 is 38.0. The second-order valence-corrected chi connectivity index (χ2v) is 4.50. The zero-order valence-electron chi connectivity index (χ0n) is 10.7. The number of halogens is 3. The van der Waals surface area contributed by atoms with Gasteiger partial charge in [-0.05, 0) is 31.2 Å². The Labute approximate surface area is 114 Å². The molecule has 0 atom stereocenters. The van der Waals surface area contributed by atoms with Crippen molar-refractivity contribution in [1.82, 2.24) is 0 Å². The van der Waals surface area contributed by atoms with Gasteiger partial charge in [0.2, 0.25) is 0 Å². The van der Waals surface area contributed by atoms with Gasteiger partial charge in [0.15, 0.2) is 5.78 Å².